The van der Waals surface area contributed by atoms with E-state index in [-0.39, 0.29) is 39.1 Å². The number of benzene rings is 2. The maximum absolute atomic E-state index is 12.5. The quantitative estimate of drug-likeness (QED) is 0.286. The molecule has 0 spiro atoms. The van der Waals surface area contributed by atoms with Crippen LogP contribution in [0.1, 0.15) is 27.8 Å². The molecule has 0 atom stereocenters. The Bertz CT molecular complexity index is 1340. The van der Waals surface area contributed by atoms with Gasteiger partial charge in [-0.1, -0.05) is 13.0 Å². The monoisotopic (exact) mass is 485 g/mol. The van der Waals surface area contributed by atoms with Crippen LogP contribution in [0.15, 0.2) is 65.7 Å². The number of nitro benzene ring substituents is 1. The molecule has 0 bridgehead atoms. The Balaban J connectivity index is 2.02. The molecule has 1 amide bonds. The van der Waals surface area contributed by atoms with Crippen LogP contribution in [-0.2, 0) is 14.6 Å². The molecular formula is C22H19N3O8S. The Morgan fingerprint density at radius 2 is 1.79 bits per heavy atom. The zero-order chi connectivity index (χ0) is 24.9. The van der Waals surface area contributed by atoms with E-state index < -0.39 is 32.3 Å². The molecule has 0 aliphatic carbocycles. The minimum Gasteiger partial charge on any atom is -0.465 e. The van der Waals surface area contributed by atoms with Crippen LogP contribution in [0.5, 0.6) is 11.5 Å². The summed E-state index contributed by atoms with van der Waals surface area (Å²) in [7, 11) is -2.34. The largest absolute Gasteiger partial charge is 0.465 e. The number of nitrogens with zero attached hydrogens (tertiary/aromatic N) is 2. The number of aromatic nitrogens is 1. The van der Waals surface area contributed by atoms with Gasteiger partial charge in [0.25, 0.3) is 11.6 Å². The fraction of sp³-hybridized carbons (Fsp3) is 0.136. The van der Waals surface area contributed by atoms with Gasteiger partial charge >= 0.3 is 5.97 Å². The van der Waals surface area contributed by atoms with Gasteiger partial charge in [-0.05, 0) is 42.5 Å². The second-order valence-corrected chi connectivity index (χ2v) is 9.04. The molecule has 1 heterocycles. The fourth-order valence-electron chi connectivity index (χ4n) is 2.90. The lowest BCUT2D eigenvalue weighted by atomic mass is 10.1. The summed E-state index contributed by atoms with van der Waals surface area (Å²) in [6.07, 6.45) is 1.37. The minimum absolute atomic E-state index is 0.0185. The summed E-state index contributed by atoms with van der Waals surface area (Å²) in [6, 6.07) is 12.2. The number of hydrogen-bond donors (Lipinski definition) is 1. The van der Waals surface area contributed by atoms with E-state index in [9.17, 15) is 28.1 Å². The second-order valence-electron chi connectivity index (χ2n) is 6.76. The van der Waals surface area contributed by atoms with E-state index in [4.69, 9.17) is 9.47 Å². The van der Waals surface area contributed by atoms with Crippen LogP contribution in [0.2, 0.25) is 0 Å². The number of carbonyl (C=O) groups excluding carboxylic acids is 2. The highest BCUT2D eigenvalue weighted by atomic mass is 32.2. The van der Waals surface area contributed by atoms with Crippen molar-refractivity contribution in [3.63, 3.8) is 0 Å². The molecule has 0 fully saturated rings. The highest BCUT2D eigenvalue weighted by Crippen LogP contribution is 2.36. The Morgan fingerprint density at radius 1 is 1.09 bits per heavy atom. The molecule has 0 radical (unpaired) electrons. The van der Waals surface area contributed by atoms with Crippen molar-refractivity contribution in [2.24, 2.45) is 0 Å². The number of nitrogens with one attached hydrogen (secondary N) is 1. The van der Waals surface area contributed by atoms with Crippen molar-refractivity contribution in [1.82, 2.24) is 4.98 Å². The molecule has 3 aromatic rings. The van der Waals surface area contributed by atoms with Crippen molar-refractivity contribution in [1.29, 1.82) is 0 Å². The summed E-state index contributed by atoms with van der Waals surface area (Å²) in [6.45, 7) is 1.52. The molecule has 11 nitrogen and oxygen atoms in total. The molecule has 0 aliphatic heterocycles. The van der Waals surface area contributed by atoms with E-state index in [1.807, 2.05) is 0 Å². The molecule has 0 aliphatic rings. The topological polar surface area (TPSA) is 155 Å². The van der Waals surface area contributed by atoms with Crippen LogP contribution in [0.25, 0.3) is 0 Å². The molecule has 0 saturated heterocycles. The first-order chi connectivity index (χ1) is 16.2. The van der Waals surface area contributed by atoms with Gasteiger partial charge in [0.05, 0.1) is 34.3 Å². The lowest BCUT2D eigenvalue weighted by Gasteiger charge is -2.13. The number of nitro groups is 1. The van der Waals surface area contributed by atoms with Gasteiger partial charge in [0.15, 0.2) is 9.84 Å². The molecule has 12 heteroatoms. The number of anilines is 1. The first-order valence-electron chi connectivity index (χ1n) is 9.80. The summed E-state index contributed by atoms with van der Waals surface area (Å²) in [5, 5.41) is 14.1. The van der Waals surface area contributed by atoms with E-state index in [1.165, 1.54) is 49.5 Å². The number of rotatable bonds is 8. The van der Waals surface area contributed by atoms with Crippen molar-refractivity contribution in [2.45, 2.75) is 11.8 Å². The average Bonchev–Trinajstić information content (AvgIpc) is 2.84. The van der Waals surface area contributed by atoms with Gasteiger partial charge in [0.2, 0.25) is 0 Å². The Hall–Kier alpha value is -4.32. The molecule has 176 valence electrons. The number of esters is 1. The maximum Gasteiger partial charge on any atom is 0.340 e. The average molecular weight is 485 g/mol. The van der Waals surface area contributed by atoms with Gasteiger partial charge in [-0.25, -0.2) is 13.2 Å². The summed E-state index contributed by atoms with van der Waals surface area (Å²) in [5.41, 5.74) is -1.34. The lowest BCUT2D eigenvalue weighted by Crippen LogP contribution is -2.18. The molecular weight excluding hydrogens is 466 g/mol. The van der Waals surface area contributed by atoms with Gasteiger partial charge in [-0.3, -0.25) is 19.9 Å². The third-order valence-corrected chi connectivity index (χ3v) is 6.38. The summed E-state index contributed by atoms with van der Waals surface area (Å²) >= 11 is 0. The van der Waals surface area contributed by atoms with Crippen molar-refractivity contribution in [3.05, 3.63) is 82.2 Å². The Kier molecular flexibility index (Phi) is 7.21. The molecule has 2 aromatic carbocycles. The Morgan fingerprint density at radius 3 is 2.35 bits per heavy atom. The second kappa shape index (κ2) is 10.1. The number of amides is 1. The predicted octanol–water partition coefficient (Wildman–Crippen LogP) is 3.61. The van der Waals surface area contributed by atoms with Crippen LogP contribution in [0.4, 0.5) is 11.4 Å². The van der Waals surface area contributed by atoms with Crippen molar-refractivity contribution < 1.29 is 32.4 Å². The number of hydrogen-bond acceptors (Lipinski definition) is 9. The van der Waals surface area contributed by atoms with Gasteiger partial charge in [0.1, 0.15) is 22.9 Å². The van der Waals surface area contributed by atoms with Gasteiger partial charge in [-0.2, -0.15) is 0 Å². The Labute approximate surface area is 194 Å². The van der Waals surface area contributed by atoms with Crippen molar-refractivity contribution in [2.75, 3.05) is 18.2 Å². The van der Waals surface area contributed by atoms with Crippen LogP contribution >= 0.6 is 0 Å². The first kappa shape index (κ1) is 24.3. The maximum atomic E-state index is 12.5. The van der Waals surface area contributed by atoms with Crippen LogP contribution < -0.4 is 10.1 Å². The summed E-state index contributed by atoms with van der Waals surface area (Å²) in [5.74, 6) is -1.72. The molecule has 0 unspecified atom stereocenters. The standard InChI is InChI=1S/C22H19N3O8S/c1-3-34(30,31)16-9-7-14(8-10-16)33-15-12-17(22(27)32-2)20(19(13-15)25(28)29)24-21(26)18-6-4-5-11-23-18/h4-13H,3H2,1-2H3,(H,24,26). The molecule has 34 heavy (non-hydrogen) atoms. The smallest absolute Gasteiger partial charge is 0.340 e. The third-order valence-electron chi connectivity index (χ3n) is 4.63. The summed E-state index contributed by atoms with van der Waals surface area (Å²) < 4.78 is 34.3. The zero-order valence-corrected chi connectivity index (χ0v) is 18.9. The lowest BCUT2D eigenvalue weighted by molar-refractivity contribution is -0.384. The van der Waals surface area contributed by atoms with Crippen LogP contribution in [-0.4, -0.2) is 43.1 Å². The van der Waals surface area contributed by atoms with Gasteiger partial charge < -0.3 is 14.8 Å². The number of sulfone groups is 1. The van der Waals surface area contributed by atoms with Gasteiger partial charge in [0, 0.05) is 6.20 Å². The first-order valence-corrected chi connectivity index (χ1v) is 11.4. The number of methoxy groups -OCH3 is 1. The number of ether oxygens (including phenoxy) is 2. The number of carbonyl (C=O) groups is 2. The van der Waals surface area contributed by atoms with Crippen molar-refractivity contribution >= 4 is 33.1 Å². The molecule has 0 saturated carbocycles. The third kappa shape index (κ3) is 5.35. The van der Waals surface area contributed by atoms with E-state index >= 15 is 0 Å². The molecule has 1 aromatic heterocycles. The highest BCUT2D eigenvalue weighted by Gasteiger charge is 2.27. The van der Waals surface area contributed by atoms with Gasteiger partial charge in [-0.15, -0.1) is 0 Å². The molecule has 1 N–H and O–H groups in total. The minimum atomic E-state index is -3.42. The van der Waals surface area contributed by atoms with E-state index in [2.05, 4.69) is 10.3 Å². The highest BCUT2D eigenvalue weighted by molar-refractivity contribution is 7.91. The SMILES string of the molecule is CCS(=O)(=O)c1ccc(Oc2cc(C(=O)OC)c(NC(=O)c3ccccn3)c([N+](=O)[O-])c2)cc1. The zero-order valence-electron chi connectivity index (χ0n) is 18.0. The normalized spacial score (nSPS) is 10.9. The predicted molar refractivity (Wildman–Crippen MR) is 121 cm³/mol. The van der Waals surface area contributed by atoms with Crippen LogP contribution in [0, 0.1) is 10.1 Å². The van der Waals surface area contributed by atoms with E-state index in [1.54, 1.807) is 12.1 Å². The summed E-state index contributed by atoms with van der Waals surface area (Å²) in [4.78, 5) is 39.9. The van der Waals surface area contributed by atoms with E-state index in [0.29, 0.717) is 0 Å². The number of pyridine rings is 1. The van der Waals surface area contributed by atoms with Crippen LogP contribution in [0.3, 0.4) is 0 Å². The fourth-order valence-corrected chi connectivity index (χ4v) is 3.78. The van der Waals surface area contributed by atoms with E-state index in [0.717, 1.165) is 13.2 Å². The van der Waals surface area contributed by atoms with Crippen molar-refractivity contribution in [3.8, 4) is 11.5 Å². The molecule has 3 rings (SSSR count).